The van der Waals surface area contributed by atoms with Gasteiger partial charge in [-0.15, -0.1) is 0 Å². The van der Waals surface area contributed by atoms with Gasteiger partial charge in [0, 0.05) is 74.3 Å². The van der Waals surface area contributed by atoms with Gasteiger partial charge in [0.15, 0.2) is 0 Å². The number of hydrogen-bond donors (Lipinski definition) is 1. The van der Waals surface area contributed by atoms with Crippen molar-refractivity contribution in [3.05, 3.63) is 65.1 Å². The number of amides is 1. The van der Waals surface area contributed by atoms with Gasteiger partial charge in [-0.3, -0.25) is 14.8 Å². The smallest absolute Gasteiger partial charge is 0.219 e. The van der Waals surface area contributed by atoms with E-state index in [1.807, 2.05) is 24.1 Å². The van der Waals surface area contributed by atoms with Gasteiger partial charge in [0.1, 0.15) is 0 Å². The van der Waals surface area contributed by atoms with Crippen molar-refractivity contribution in [3.8, 4) is 11.1 Å². The molecule has 140 valence electrons. The van der Waals surface area contributed by atoms with Crippen molar-refractivity contribution in [1.82, 2.24) is 9.88 Å². The zero-order chi connectivity index (χ0) is 19.4. The van der Waals surface area contributed by atoms with Crippen LogP contribution < -0.4 is 5.73 Å². The van der Waals surface area contributed by atoms with E-state index >= 15 is 0 Å². The third-order valence-corrected chi connectivity index (χ3v) is 5.01. The summed E-state index contributed by atoms with van der Waals surface area (Å²) in [6.07, 6.45) is 3.29. The topological polar surface area (TPSA) is 71.6 Å². The van der Waals surface area contributed by atoms with E-state index in [1.165, 1.54) is 0 Å². The molecule has 1 aromatic heterocycles. The van der Waals surface area contributed by atoms with E-state index < -0.39 is 0 Å². The molecular weight excluding hydrogens is 336 g/mol. The molecular formula is C22H26N4O. The van der Waals surface area contributed by atoms with Crippen molar-refractivity contribution in [1.29, 1.82) is 0 Å². The first-order chi connectivity index (χ1) is 13.0. The highest BCUT2D eigenvalue weighted by atomic mass is 16.2. The first kappa shape index (κ1) is 18.8. The monoisotopic (exact) mass is 362 g/mol. The number of hydrogen-bond acceptors (Lipinski definition) is 4. The predicted molar refractivity (Wildman–Crippen MR) is 110 cm³/mol. The average Bonchev–Trinajstić information content (AvgIpc) is 2.68. The number of carbonyl (C=O) groups excluding carboxylic acids is 1. The average molecular weight is 362 g/mol. The predicted octanol–water partition coefficient (Wildman–Crippen LogP) is 3.14. The number of nitrogens with two attached hydrogens (primary N) is 1. The van der Waals surface area contributed by atoms with Crippen LogP contribution in [-0.4, -0.2) is 41.6 Å². The number of benzene rings is 1. The molecule has 1 aliphatic heterocycles. The van der Waals surface area contributed by atoms with E-state index in [2.05, 4.69) is 40.3 Å². The largest absolute Gasteiger partial charge is 0.401 e. The Kier molecular flexibility index (Phi) is 5.69. The number of aryl methyl sites for hydroxylation is 1. The van der Waals surface area contributed by atoms with Crippen molar-refractivity contribution in [2.75, 3.05) is 20.1 Å². The van der Waals surface area contributed by atoms with Gasteiger partial charge in [0.25, 0.3) is 0 Å². The maximum Gasteiger partial charge on any atom is 0.219 e. The number of piperidine rings is 1. The Balaban J connectivity index is 1.79. The van der Waals surface area contributed by atoms with Crippen molar-refractivity contribution in [3.63, 3.8) is 0 Å². The van der Waals surface area contributed by atoms with Crippen LogP contribution in [0.4, 0.5) is 0 Å². The maximum absolute atomic E-state index is 11.7. The number of rotatable bonds is 3. The third-order valence-electron chi connectivity index (χ3n) is 5.01. The Morgan fingerprint density at radius 1 is 1.19 bits per heavy atom. The van der Waals surface area contributed by atoms with E-state index in [-0.39, 0.29) is 5.91 Å². The van der Waals surface area contributed by atoms with Gasteiger partial charge >= 0.3 is 0 Å². The summed E-state index contributed by atoms with van der Waals surface area (Å²) in [7, 11) is 1.79. The van der Waals surface area contributed by atoms with Crippen LogP contribution in [0.5, 0.6) is 0 Å². The van der Waals surface area contributed by atoms with Gasteiger partial charge in [-0.1, -0.05) is 30.3 Å². The molecule has 2 aromatic rings. The molecule has 0 aliphatic carbocycles. The molecule has 1 aromatic carbocycles. The zero-order valence-electron chi connectivity index (χ0n) is 16.2. The van der Waals surface area contributed by atoms with E-state index in [0.717, 1.165) is 45.8 Å². The first-order valence-corrected chi connectivity index (χ1v) is 9.19. The number of aliphatic imine (C=N–C) groups is 1. The molecule has 1 aliphatic rings. The normalized spacial score (nSPS) is 17.9. The number of allylic oxidation sites excluding steroid dienone is 1. The van der Waals surface area contributed by atoms with Crippen LogP contribution in [0, 0.1) is 6.92 Å². The molecule has 1 fully saturated rings. The molecule has 0 saturated carbocycles. The Bertz CT molecular complexity index is 880. The van der Waals surface area contributed by atoms with Crippen molar-refractivity contribution < 1.29 is 4.79 Å². The second-order valence-corrected chi connectivity index (χ2v) is 6.93. The SMILES string of the molecule is CN=C1CCN(C(C)=O)CC1=C(N)Cc1ccc(-c2ccc(C)nc2)cc1. The summed E-state index contributed by atoms with van der Waals surface area (Å²) in [4.78, 5) is 22.3. The minimum Gasteiger partial charge on any atom is -0.401 e. The van der Waals surface area contributed by atoms with Gasteiger partial charge < -0.3 is 10.6 Å². The van der Waals surface area contributed by atoms with Crippen LogP contribution in [0.15, 0.2) is 58.9 Å². The third kappa shape index (κ3) is 4.42. The number of carbonyl (C=O) groups is 1. The fourth-order valence-electron chi connectivity index (χ4n) is 3.34. The zero-order valence-corrected chi connectivity index (χ0v) is 16.2. The maximum atomic E-state index is 11.7. The quantitative estimate of drug-likeness (QED) is 0.912. The lowest BCUT2D eigenvalue weighted by atomic mass is 9.96. The van der Waals surface area contributed by atoms with Crippen LogP contribution in [0.3, 0.4) is 0 Å². The second-order valence-electron chi connectivity index (χ2n) is 6.93. The summed E-state index contributed by atoms with van der Waals surface area (Å²) in [6, 6.07) is 12.5. The Morgan fingerprint density at radius 2 is 1.89 bits per heavy atom. The highest BCUT2D eigenvalue weighted by Gasteiger charge is 2.23. The fourth-order valence-corrected chi connectivity index (χ4v) is 3.34. The summed E-state index contributed by atoms with van der Waals surface area (Å²) in [5, 5.41) is 0. The van der Waals surface area contributed by atoms with Crippen LogP contribution >= 0.6 is 0 Å². The lowest BCUT2D eigenvalue weighted by molar-refractivity contribution is -0.128. The highest BCUT2D eigenvalue weighted by molar-refractivity contribution is 6.02. The number of likely N-dealkylation sites (tertiary alicyclic amines) is 1. The molecule has 0 unspecified atom stereocenters. The molecule has 2 N–H and O–H groups in total. The van der Waals surface area contributed by atoms with Crippen molar-refractivity contribution in [2.45, 2.75) is 26.7 Å². The first-order valence-electron chi connectivity index (χ1n) is 9.19. The number of pyridine rings is 1. The van der Waals surface area contributed by atoms with Crippen LogP contribution in [-0.2, 0) is 11.2 Å². The molecule has 5 heteroatoms. The fraction of sp³-hybridized carbons (Fsp3) is 0.318. The van der Waals surface area contributed by atoms with Gasteiger partial charge in [0.2, 0.25) is 5.91 Å². The van der Waals surface area contributed by atoms with Crippen LogP contribution in [0.1, 0.15) is 24.6 Å². The Labute approximate surface area is 160 Å². The van der Waals surface area contributed by atoms with Gasteiger partial charge in [-0.2, -0.15) is 0 Å². The van der Waals surface area contributed by atoms with Gasteiger partial charge in [-0.25, -0.2) is 0 Å². The molecule has 27 heavy (non-hydrogen) atoms. The van der Waals surface area contributed by atoms with Crippen molar-refractivity contribution in [2.24, 2.45) is 10.7 Å². The minimum atomic E-state index is 0.0755. The molecule has 3 rings (SSSR count). The molecule has 5 nitrogen and oxygen atoms in total. The minimum absolute atomic E-state index is 0.0755. The summed E-state index contributed by atoms with van der Waals surface area (Å²) >= 11 is 0. The lowest BCUT2D eigenvalue weighted by Crippen LogP contribution is -2.40. The van der Waals surface area contributed by atoms with Gasteiger partial charge in [-0.05, 0) is 24.1 Å². The highest BCUT2D eigenvalue weighted by Crippen LogP contribution is 2.22. The van der Waals surface area contributed by atoms with E-state index in [0.29, 0.717) is 19.5 Å². The second kappa shape index (κ2) is 8.16. The molecule has 1 saturated heterocycles. The number of aromatic nitrogens is 1. The van der Waals surface area contributed by atoms with E-state index in [4.69, 9.17) is 5.73 Å². The van der Waals surface area contributed by atoms with E-state index in [1.54, 1.807) is 14.0 Å². The molecule has 0 radical (unpaired) electrons. The van der Waals surface area contributed by atoms with Crippen LogP contribution in [0.2, 0.25) is 0 Å². The lowest BCUT2D eigenvalue weighted by Gasteiger charge is -2.30. The van der Waals surface area contributed by atoms with E-state index in [9.17, 15) is 4.79 Å². The molecule has 0 bridgehead atoms. The summed E-state index contributed by atoms with van der Waals surface area (Å²) in [6.45, 7) is 4.83. The molecule has 2 heterocycles. The summed E-state index contributed by atoms with van der Waals surface area (Å²) < 4.78 is 0. The summed E-state index contributed by atoms with van der Waals surface area (Å²) in [5.74, 6) is 0.0755. The standard InChI is InChI=1S/C22H26N4O/c1-15-4-7-19(13-25-15)18-8-5-17(6-9-18)12-21(23)20-14-26(16(2)27)11-10-22(20)24-3/h4-9,13H,10-12,14,23H2,1-3H3. The van der Waals surface area contributed by atoms with Crippen LogP contribution in [0.25, 0.3) is 11.1 Å². The Morgan fingerprint density at radius 3 is 2.48 bits per heavy atom. The van der Waals surface area contributed by atoms with Crippen molar-refractivity contribution >= 4 is 11.6 Å². The van der Waals surface area contributed by atoms with Gasteiger partial charge in [0.05, 0.1) is 0 Å². The number of nitrogens with zero attached hydrogens (tertiary/aromatic N) is 3. The molecule has 1 amide bonds. The Hall–Kier alpha value is -2.95. The summed E-state index contributed by atoms with van der Waals surface area (Å²) in [5.41, 5.74) is 13.6. The molecule has 0 spiro atoms. The molecule has 0 atom stereocenters.